The van der Waals surface area contributed by atoms with Crippen LogP contribution in [0, 0.1) is 5.92 Å². The number of likely N-dealkylation sites (tertiary alicyclic amines) is 1. The molecular formula is C16H20N2O. The predicted octanol–water partition coefficient (Wildman–Crippen LogP) is 2.12. The number of aromatic amines is 1. The molecular weight excluding hydrogens is 236 g/mol. The monoisotopic (exact) mass is 256 g/mol. The maximum Gasteiger partial charge on any atom is 0.0661 e. The van der Waals surface area contributed by atoms with Gasteiger partial charge in [0, 0.05) is 35.6 Å². The molecule has 4 unspecified atom stereocenters. The van der Waals surface area contributed by atoms with Crippen LogP contribution in [-0.4, -0.2) is 40.7 Å². The SMILES string of the molecule is CC1CN(C)C2Cc3c[nH]c4cccc(c34)C2C1O. The summed E-state index contributed by atoms with van der Waals surface area (Å²) >= 11 is 0. The summed E-state index contributed by atoms with van der Waals surface area (Å²) in [5.74, 6) is 0.586. The van der Waals surface area contributed by atoms with Crippen molar-refractivity contribution < 1.29 is 5.11 Å². The van der Waals surface area contributed by atoms with Crippen LogP contribution in [0.15, 0.2) is 24.4 Å². The molecule has 4 rings (SSSR count). The topological polar surface area (TPSA) is 39.3 Å². The second-order valence-electron chi connectivity index (χ2n) is 6.29. The third-order valence-electron chi connectivity index (χ3n) is 5.12. The summed E-state index contributed by atoms with van der Waals surface area (Å²) < 4.78 is 0. The number of H-pyrrole nitrogens is 1. The van der Waals surface area contributed by atoms with E-state index in [1.54, 1.807) is 0 Å². The highest BCUT2D eigenvalue weighted by Crippen LogP contribution is 2.44. The number of fused-ring (bicyclic) bond motifs is 2. The van der Waals surface area contributed by atoms with Gasteiger partial charge in [0.2, 0.25) is 0 Å². The Hall–Kier alpha value is -1.32. The van der Waals surface area contributed by atoms with Crippen molar-refractivity contribution in [2.75, 3.05) is 13.6 Å². The highest BCUT2D eigenvalue weighted by atomic mass is 16.3. The molecule has 100 valence electrons. The van der Waals surface area contributed by atoms with Crippen LogP contribution in [0.3, 0.4) is 0 Å². The lowest BCUT2D eigenvalue weighted by molar-refractivity contribution is -0.0112. The Morgan fingerprint density at radius 3 is 3.05 bits per heavy atom. The average molecular weight is 256 g/mol. The number of aliphatic hydroxyl groups excluding tert-OH is 1. The van der Waals surface area contributed by atoms with Crippen LogP contribution < -0.4 is 0 Å². The number of aromatic nitrogens is 1. The molecule has 4 atom stereocenters. The van der Waals surface area contributed by atoms with Gasteiger partial charge in [-0.2, -0.15) is 0 Å². The Bertz CT molecular complexity index is 633. The first-order chi connectivity index (χ1) is 9.16. The van der Waals surface area contributed by atoms with Crippen LogP contribution in [0.2, 0.25) is 0 Å². The summed E-state index contributed by atoms with van der Waals surface area (Å²) in [6.07, 6.45) is 2.96. The first kappa shape index (κ1) is 11.5. The Morgan fingerprint density at radius 2 is 2.21 bits per heavy atom. The normalized spacial score (nSPS) is 34.5. The van der Waals surface area contributed by atoms with Gasteiger partial charge < -0.3 is 15.0 Å². The number of nitrogens with zero attached hydrogens (tertiary/aromatic N) is 1. The maximum atomic E-state index is 10.7. The quantitative estimate of drug-likeness (QED) is 0.758. The molecule has 19 heavy (non-hydrogen) atoms. The Morgan fingerprint density at radius 1 is 1.37 bits per heavy atom. The maximum absolute atomic E-state index is 10.7. The van der Waals surface area contributed by atoms with E-state index in [0.717, 1.165) is 13.0 Å². The second kappa shape index (κ2) is 3.84. The van der Waals surface area contributed by atoms with Crippen molar-refractivity contribution >= 4 is 10.9 Å². The summed E-state index contributed by atoms with van der Waals surface area (Å²) in [5, 5.41) is 12.0. The molecule has 1 aromatic heterocycles. The second-order valence-corrected chi connectivity index (χ2v) is 6.29. The van der Waals surface area contributed by atoms with Gasteiger partial charge in [0.25, 0.3) is 0 Å². The van der Waals surface area contributed by atoms with Crippen molar-refractivity contribution in [2.24, 2.45) is 5.92 Å². The number of piperidine rings is 1. The predicted molar refractivity (Wildman–Crippen MR) is 76.3 cm³/mol. The molecule has 3 heteroatoms. The highest BCUT2D eigenvalue weighted by Gasteiger charge is 2.43. The zero-order chi connectivity index (χ0) is 13.1. The number of hydrogen-bond donors (Lipinski definition) is 2. The smallest absolute Gasteiger partial charge is 0.0661 e. The van der Waals surface area contributed by atoms with Crippen molar-refractivity contribution in [3.05, 3.63) is 35.5 Å². The van der Waals surface area contributed by atoms with E-state index in [2.05, 4.69) is 48.3 Å². The summed E-state index contributed by atoms with van der Waals surface area (Å²) in [5.41, 5.74) is 3.94. The van der Waals surface area contributed by atoms with Crippen LogP contribution in [0.5, 0.6) is 0 Å². The van der Waals surface area contributed by atoms with Crippen molar-refractivity contribution in [3.8, 4) is 0 Å². The van der Waals surface area contributed by atoms with Crippen LogP contribution in [-0.2, 0) is 6.42 Å². The molecule has 1 aliphatic heterocycles. The largest absolute Gasteiger partial charge is 0.392 e. The molecule has 2 aliphatic rings. The Kier molecular flexibility index (Phi) is 2.32. The molecule has 0 amide bonds. The van der Waals surface area contributed by atoms with E-state index < -0.39 is 0 Å². The average Bonchev–Trinajstić information content (AvgIpc) is 2.81. The minimum atomic E-state index is -0.227. The number of hydrogen-bond acceptors (Lipinski definition) is 2. The Labute approximate surface area is 113 Å². The molecule has 2 heterocycles. The minimum Gasteiger partial charge on any atom is -0.392 e. The van der Waals surface area contributed by atoms with Crippen molar-refractivity contribution in [1.29, 1.82) is 0 Å². The number of nitrogens with one attached hydrogen (secondary N) is 1. The van der Waals surface area contributed by atoms with Gasteiger partial charge in [-0.3, -0.25) is 0 Å². The summed E-state index contributed by atoms with van der Waals surface area (Å²) in [6, 6.07) is 6.86. The fraction of sp³-hybridized carbons (Fsp3) is 0.500. The number of benzene rings is 1. The van der Waals surface area contributed by atoms with Gasteiger partial charge in [-0.25, -0.2) is 0 Å². The molecule has 1 saturated heterocycles. The zero-order valence-electron chi connectivity index (χ0n) is 11.4. The third kappa shape index (κ3) is 1.46. The molecule has 3 nitrogen and oxygen atoms in total. The van der Waals surface area contributed by atoms with E-state index in [1.807, 2.05) is 0 Å². The van der Waals surface area contributed by atoms with Crippen molar-refractivity contribution in [2.45, 2.75) is 31.4 Å². The molecule has 0 saturated carbocycles. The van der Waals surface area contributed by atoms with Gasteiger partial charge in [-0.1, -0.05) is 19.1 Å². The summed E-state index contributed by atoms with van der Waals surface area (Å²) in [6.45, 7) is 3.14. The molecule has 0 spiro atoms. The highest BCUT2D eigenvalue weighted by molar-refractivity contribution is 5.88. The van der Waals surface area contributed by atoms with E-state index in [0.29, 0.717) is 12.0 Å². The first-order valence-corrected chi connectivity index (χ1v) is 7.14. The molecule has 1 aliphatic carbocycles. The minimum absolute atomic E-state index is 0.227. The Balaban J connectivity index is 1.94. The lowest BCUT2D eigenvalue weighted by Gasteiger charge is -2.47. The lowest BCUT2D eigenvalue weighted by Crippen LogP contribution is -2.54. The van der Waals surface area contributed by atoms with Gasteiger partial charge in [0.05, 0.1) is 6.10 Å². The van der Waals surface area contributed by atoms with Gasteiger partial charge in [0.15, 0.2) is 0 Å². The first-order valence-electron chi connectivity index (χ1n) is 7.14. The zero-order valence-corrected chi connectivity index (χ0v) is 11.4. The van der Waals surface area contributed by atoms with Crippen LogP contribution in [0.4, 0.5) is 0 Å². The van der Waals surface area contributed by atoms with Crippen molar-refractivity contribution in [3.63, 3.8) is 0 Å². The molecule has 2 aromatic rings. The van der Waals surface area contributed by atoms with E-state index in [9.17, 15) is 5.11 Å². The van der Waals surface area contributed by atoms with Crippen molar-refractivity contribution in [1.82, 2.24) is 9.88 Å². The lowest BCUT2D eigenvalue weighted by atomic mass is 9.71. The summed E-state index contributed by atoms with van der Waals surface area (Å²) in [7, 11) is 2.19. The summed E-state index contributed by atoms with van der Waals surface area (Å²) in [4.78, 5) is 5.80. The number of rotatable bonds is 0. The van der Waals surface area contributed by atoms with Gasteiger partial charge >= 0.3 is 0 Å². The molecule has 0 radical (unpaired) electrons. The molecule has 1 fully saturated rings. The van der Waals surface area contributed by atoms with E-state index >= 15 is 0 Å². The van der Waals surface area contributed by atoms with Gasteiger partial charge in [-0.15, -0.1) is 0 Å². The number of aliphatic hydroxyl groups is 1. The molecule has 1 aromatic carbocycles. The van der Waals surface area contributed by atoms with E-state index in [4.69, 9.17) is 0 Å². The van der Waals surface area contributed by atoms with Crippen LogP contribution in [0.25, 0.3) is 10.9 Å². The van der Waals surface area contributed by atoms with E-state index in [1.165, 1.54) is 22.0 Å². The van der Waals surface area contributed by atoms with Crippen LogP contribution in [0.1, 0.15) is 24.0 Å². The van der Waals surface area contributed by atoms with Gasteiger partial charge in [0.1, 0.15) is 0 Å². The molecule has 2 N–H and O–H groups in total. The van der Waals surface area contributed by atoms with Gasteiger partial charge in [-0.05, 0) is 36.6 Å². The number of likely N-dealkylation sites (N-methyl/N-ethyl adjacent to an activating group) is 1. The third-order valence-corrected chi connectivity index (χ3v) is 5.12. The van der Waals surface area contributed by atoms with Crippen LogP contribution >= 0.6 is 0 Å². The fourth-order valence-electron chi connectivity index (χ4n) is 4.18. The van der Waals surface area contributed by atoms with E-state index in [-0.39, 0.29) is 12.0 Å². The fourth-order valence-corrected chi connectivity index (χ4v) is 4.18. The molecule has 0 bridgehead atoms. The standard InChI is InChI=1S/C16H20N2O/c1-9-8-18(2)13-6-10-7-17-12-5-3-4-11(14(10)12)15(13)16(9)19/h3-5,7,9,13,15-17,19H,6,8H2,1-2H3.